The minimum absolute atomic E-state index is 0.324. The molecule has 1 heterocycles. The summed E-state index contributed by atoms with van der Waals surface area (Å²) in [7, 11) is -3.45. The topological polar surface area (TPSA) is 60.4 Å². The highest BCUT2D eigenvalue weighted by molar-refractivity contribution is 7.88. The molecule has 0 amide bonds. The van der Waals surface area contributed by atoms with Crippen LogP contribution in [-0.4, -0.2) is 19.6 Å². The van der Waals surface area contributed by atoms with Crippen LogP contribution in [-0.2, 0) is 19.1 Å². The number of carbonyl (C=O) groups is 1. The van der Waals surface area contributed by atoms with Crippen molar-refractivity contribution in [3.8, 4) is 0 Å². The summed E-state index contributed by atoms with van der Waals surface area (Å²) >= 11 is 0. The van der Waals surface area contributed by atoms with Gasteiger partial charge < -0.3 is 4.18 Å². The third-order valence-corrected chi connectivity index (χ3v) is 3.26. The van der Waals surface area contributed by atoms with E-state index in [1.54, 1.807) is 0 Å². The Morgan fingerprint density at radius 2 is 2.22 bits per heavy atom. The van der Waals surface area contributed by atoms with Crippen molar-refractivity contribution in [1.29, 1.82) is 0 Å². The summed E-state index contributed by atoms with van der Waals surface area (Å²) in [5, 5.41) is -0.495. The van der Waals surface area contributed by atoms with Gasteiger partial charge in [-0.1, -0.05) is 0 Å². The Morgan fingerprint density at radius 1 is 1.56 bits per heavy atom. The predicted molar refractivity (Wildman–Crippen MR) is 26.9 cm³/mol. The Balaban J connectivity index is 2.48. The van der Waals surface area contributed by atoms with Crippen LogP contribution >= 0.6 is 0 Å². The van der Waals surface area contributed by atoms with Crippen molar-refractivity contribution in [3.63, 3.8) is 0 Å². The first-order chi connectivity index (χ1) is 4.11. The zero-order chi connectivity index (χ0) is 6.65. The molecule has 2 aliphatic rings. The monoisotopic (exact) mass is 148 g/mol. The van der Waals surface area contributed by atoms with E-state index in [9.17, 15) is 13.2 Å². The number of carbonyl (C=O) groups excluding carboxylic acids is 1. The SMILES string of the molecule is O=C1OS(=O)(=O)C2CC12. The first kappa shape index (κ1) is 5.22. The van der Waals surface area contributed by atoms with Crippen LogP contribution in [0.2, 0.25) is 0 Å². The number of fused-ring (bicyclic) bond motifs is 1. The smallest absolute Gasteiger partial charge is 0.326 e. The molecule has 2 fully saturated rings. The molecule has 0 spiro atoms. The first-order valence-corrected chi connectivity index (χ1v) is 4.05. The van der Waals surface area contributed by atoms with E-state index in [2.05, 4.69) is 4.18 Å². The van der Waals surface area contributed by atoms with Crippen molar-refractivity contribution in [2.24, 2.45) is 5.92 Å². The lowest BCUT2D eigenvalue weighted by Crippen LogP contribution is -2.06. The molecule has 1 aliphatic heterocycles. The standard InChI is InChI=1S/C4H4O4S/c5-4-2-1-3(2)9(6,7)8-4/h2-3H,1H2. The van der Waals surface area contributed by atoms with Gasteiger partial charge in [0.1, 0.15) is 5.25 Å². The molecule has 1 aliphatic carbocycles. The highest BCUT2D eigenvalue weighted by Crippen LogP contribution is 2.44. The van der Waals surface area contributed by atoms with Gasteiger partial charge in [-0.3, -0.25) is 4.79 Å². The van der Waals surface area contributed by atoms with Gasteiger partial charge >= 0.3 is 16.1 Å². The van der Waals surface area contributed by atoms with Crippen molar-refractivity contribution >= 4 is 16.1 Å². The van der Waals surface area contributed by atoms with Crippen LogP contribution in [0.1, 0.15) is 6.42 Å². The Hall–Kier alpha value is -0.580. The number of hydrogen-bond acceptors (Lipinski definition) is 4. The van der Waals surface area contributed by atoms with Gasteiger partial charge in [-0.25, -0.2) is 0 Å². The maximum Gasteiger partial charge on any atom is 0.326 e. The van der Waals surface area contributed by atoms with Gasteiger partial charge in [0.25, 0.3) is 0 Å². The summed E-state index contributed by atoms with van der Waals surface area (Å²) in [4.78, 5) is 10.4. The highest BCUT2D eigenvalue weighted by Gasteiger charge is 2.61. The molecule has 0 N–H and O–H groups in total. The second-order valence-electron chi connectivity index (χ2n) is 2.28. The van der Waals surface area contributed by atoms with Crippen LogP contribution < -0.4 is 0 Å². The lowest BCUT2D eigenvalue weighted by Gasteiger charge is -1.92. The van der Waals surface area contributed by atoms with E-state index >= 15 is 0 Å². The van der Waals surface area contributed by atoms with Gasteiger partial charge in [0, 0.05) is 0 Å². The molecule has 0 aromatic rings. The molecule has 9 heavy (non-hydrogen) atoms. The minimum atomic E-state index is -3.45. The molecule has 1 saturated carbocycles. The highest BCUT2D eigenvalue weighted by atomic mass is 32.2. The van der Waals surface area contributed by atoms with Crippen LogP contribution in [0.15, 0.2) is 0 Å². The van der Waals surface area contributed by atoms with E-state index in [1.807, 2.05) is 0 Å². The Labute approximate surface area is 51.9 Å². The van der Waals surface area contributed by atoms with Crippen molar-refractivity contribution < 1.29 is 17.4 Å². The average Bonchev–Trinajstić information content (AvgIpc) is 2.33. The number of rotatable bonds is 0. The maximum atomic E-state index is 10.6. The second kappa shape index (κ2) is 1.13. The molecule has 0 bridgehead atoms. The molecular formula is C4H4O4S. The molecule has 0 radical (unpaired) electrons. The Bertz CT molecular complexity index is 264. The van der Waals surface area contributed by atoms with Crippen LogP contribution in [0.3, 0.4) is 0 Å². The number of hydrogen-bond donors (Lipinski definition) is 0. The molecule has 2 rings (SSSR count). The molecule has 50 valence electrons. The van der Waals surface area contributed by atoms with Gasteiger partial charge in [0.15, 0.2) is 0 Å². The lowest BCUT2D eigenvalue weighted by atomic mass is 10.5. The average molecular weight is 148 g/mol. The van der Waals surface area contributed by atoms with Gasteiger partial charge in [-0.15, -0.1) is 0 Å². The van der Waals surface area contributed by atoms with E-state index in [4.69, 9.17) is 0 Å². The molecule has 2 atom stereocenters. The molecule has 2 unspecified atom stereocenters. The molecule has 1 saturated heterocycles. The molecule has 0 aromatic carbocycles. The predicted octanol–water partition coefficient (Wildman–Crippen LogP) is -0.739. The summed E-state index contributed by atoms with van der Waals surface area (Å²) in [6, 6.07) is 0. The van der Waals surface area contributed by atoms with Crippen LogP contribution in [0.4, 0.5) is 0 Å². The largest absolute Gasteiger partial charge is 0.345 e. The zero-order valence-electron chi connectivity index (χ0n) is 4.40. The van der Waals surface area contributed by atoms with Crippen molar-refractivity contribution in [2.45, 2.75) is 11.7 Å². The molecule has 0 aromatic heterocycles. The quantitative estimate of drug-likeness (QED) is 0.424. The first-order valence-electron chi connectivity index (χ1n) is 2.58. The molecule has 5 heteroatoms. The fourth-order valence-corrected chi connectivity index (χ4v) is 2.41. The van der Waals surface area contributed by atoms with Crippen molar-refractivity contribution in [1.82, 2.24) is 0 Å². The maximum absolute atomic E-state index is 10.6. The Morgan fingerprint density at radius 3 is 2.33 bits per heavy atom. The zero-order valence-corrected chi connectivity index (χ0v) is 5.22. The normalized spacial score (nSPS) is 43.8. The summed E-state index contributed by atoms with van der Waals surface area (Å²) in [6.07, 6.45) is 0.473. The molecular weight excluding hydrogens is 144 g/mol. The fourth-order valence-electron chi connectivity index (χ4n) is 0.977. The van der Waals surface area contributed by atoms with Gasteiger partial charge in [-0.2, -0.15) is 8.42 Å². The third kappa shape index (κ3) is 0.523. The minimum Gasteiger partial charge on any atom is -0.345 e. The molecule has 4 nitrogen and oxygen atoms in total. The van der Waals surface area contributed by atoms with E-state index in [-0.39, 0.29) is 5.92 Å². The third-order valence-electron chi connectivity index (χ3n) is 1.60. The van der Waals surface area contributed by atoms with Crippen LogP contribution in [0.5, 0.6) is 0 Å². The fraction of sp³-hybridized carbons (Fsp3) is 0.750. The summed E-state index contributed by atoms with van der Waals surface area (Å²) in [5.74, 6) is -0.894. The van der Waals surface area contributed by atoms with Gasteiger partial charge in [0.05, 0.1) is 5.92 Å². The van der Waals surface area contributed by atoms with E-state index in [0.29, 0.717) is 6.42 Å². The van der Waals surface area contributed by atoms with E-state index in [0.717, 1.165) is 0 Å². The van der Waals surface area contributed by atoms with Crippen LogP contribution in [0, 0.1) is 5.92 Å². The van der Waals surface area contributed by atoms with Gasteiger partial charge in [-0.05, 0) is 6.42 Å². The summed E-state index contributed by atoms with van der Waals surface area (Å²) in [5.41, 5.74) is 0. The van der Waals surface area contributed by atoms with Crippen LogP contribution in [0.25, 0.3) is 0 Å². The van der Waals surface area contributed by atoms with Gasteiger partial charge in [0.2, 0.25) is 0 Å². The van der Waals surface area contributed by atoms with E-state index in [1.165, 1.54) is 0 Å². The van der Waals surface area contributed by atoms with Crippen molar-refractivity contribution in [3.05, 3.63) is 0 Å². The summed E-state index contributed by atoms with van der Waals surface area (Å²) in [6.45, 7) is 0. The van der Waals surface area contributed by atoms with E-state index < -0.39 is 21.3 Å². The van der Waals surface area contributed by atoms with Crippen molar-refractivity contribution in [2.75, 3.05) is 0 Å². The lowest BCUT2D eigenvalue weighted by molar-refractivity contribution is -0.133. The second-order valence-corrected chi connectivity index (χ2v) is 4.03. The Kier molecular flexibility index (Phi) is 0.658. The summed E-state index contributed by atoms with van der Waals surface area (Å²) < 4.78 is 25.2.